The van der Waals surface area contributed by atoms with Crippen LogP contribution >= 0.6 is 11.6 Å². The Labute approximate surface area is 177 Å². The molecule has 0 atom stereocenters. The molecule has 0 bridgehead atoms. The number of nitrogens with one attached hydrogen (secondary N) is 1. The molecule has 8 heteroatoms. The molecule has 3 rings (SSSR count). The fraction of sp³-hybridized carbons (Fsp3) is 0.571. The van der Waals surface area contributed by atoms with Gasteiger partial charge in [-0.1, -0.05) is 11.6 Å². The number of piperidine rings is 1. The summed E-state index contributed by atoms with van der Waals surface area (Å²) in [6.07, 6.45) is 3.68. The Morgan fingerprint density at radius 3 is 2.10 bits per heavy atom. The third-order valence-electron chi connectivity index (χ3n) is 5.52. The van der Waals surface area contributed by atoms with E-state index in [2.05, 4.69) is 10.2 Å². The molecule has 0 unspecified atom stereocenters. The number of carbonyl (C=O) groups is 3. The maximum atomic E-state index is 12.4. The first-order valence-electron chi connectivity index (χ1n) is 10.3. The monoisotopic (exact) mass is 420 g/mol. The lowest BCUT2D eigenvalue weighted by atomic mass is 10.1. The fourth-order valence-corrected chi connectivity index (χ4v) is 3.86. The van der Waals surface area contributed by atoms with Crippen molar-refractivity contribution in [3.8, 4) is 0 Å². The number of amides is 3. The number of carbonyl (C=O) groups excluding carboxylic acids is 3. The summed E-state index contributed by atoms with van der Waals surface area (Å²) in [4.78, 5) is 42.8. The number of piperazine rings is 1. The Morgan fingerprint density at radius 2 is 1.45 bits per heavy atom. The quantitative estimate of drug-likeness (QED) is 0.759. The van der Waals surface area contributed by atoms with E-state index >= 15 is 0 Å². The van der Waals surface area contributed by atoms with Gasteiger partial charge in [-0.15, -0.1) is 0 Å². The van der Waals surface area contributed by atoms with Crippen molar-refractivity contribution in [3.05, 3.63) is 34.9 Å². The highest BCUT2D eigenvalue weighted by Crippen LogP contribution is 2.11. The predicted octanol–water partition coefficient (Wildman–Crippen LogP) is 1.62. The van der Waals surface area contributed by atoms with Crippen LogP contribution in [0.25, 0.3) is 0 Å². The van der Waals surface area contributed by atoms with Crippen LogP contribution in [-0.2, 0) is 9.59 Å². The lowest BCUT2D eigenvalue weighted by Crippen LogP contribution is -2.52. The zero-order chi connectivity index (χ0) is 20.6. The van der Waals surface area contributed by atoms with Crippen LogP contribution < -0.4 is 5.32 Å². The zero-order valence-electron chi connectivity index (χ0n) is 16.7. The van der Waals surface area contributed by atoms with E-state index in [4.69, 9.17) is 11.6 Å². The van der Waals surface area contributed by atoms with E-state index in [1.807, 2.05) is 9.80 Å². The molecule has 0 radical (unpaired) electrons. The van der Waals surface area contributed by atoms with Crippen LogP contribution in [0.3, 0.4) is 0 Å². The van der Waals surface area contributed by atoms with Crippen molar-refractivity contribution >= 4 is 29.3 Å². The molecule has 2 aliphatic heterocycles. The average Bonchev–Trinajstić information content (AvgIpc) is 2.75. The average molecular weight is 421 g/mol. The van der Waals surface area contributed by atoms with Crippen LogP contribution in [0.1, 0.15) is 36.0 Å². The highest BCUT2D eigenvalue weighted by molar-refractivity contribution is 6.30. The molecule has 0 saturated carbocycles. The minimum Gasteiger partial charge on any atom is -0.352 e. The van der Waals surface area contributed by atoms with Crippen molar-refractivity contribution in [1.82, 2.24) is 20.0 Å². The normalized spacial score (nSPS) is 17.8. The second kappa shape index (κ2) is 10.6. The summed E-state index contributed by atoms with van der Waals surface area (Å²) in [7, 11) is 0. The molecule has 0 spiro atoms. The second-order valence-corrected chi connectivity index (χ2v) is 8.05. The minimum absolute atomic E-state index is 0.0309. The summed E-state index contributed by atoms with van der Waals surface area (Å²) in [5, 5.41) is 3.35. The van der Waals surface area contributed by atoms with E-state index in [0.717, 1.165) is 25.9 Å². The van der Waals surface area contributed by atoms with Gasteiger partial charge in [0.1, 0.15) is 0 Å². The topological polar surface area (TPSA) is 73.0 Å². The molecule has 1 N–H and O–H groups in total. The molecule has 3 amide bonds. The Bertz CT molecular complexity index is 711. The van der Waals surface area contributed by atoms with E-state index in [1.54, 1.807) is 24.3 Å². The Hall–Kier alpha value is -2.12. The number of likely N-dealkylation sites (tertiary alicyclic amines) is 1. The van der Waals surface area contributed by atoms with Gasteiger partial charge >= 0.3 is 0 Å². The van der Waals surface area contributed by atoms with Crippen LogP contribution in [0.15, 0.2) is 24.3 Å². The first-order valence-corrected chi connectivity index (χ1v) is 10.7. The van der Waals surface area contributed by atoms with Gasteiger partial charge in [0, 0.05) is 62.8 Å². The smallest absolute Gasteiger partial charge is 0.251 e. The Balaban J connectivity index is 1.33. The highest BCUT2D eigenvalue weighted by Gasteiger charge is 2.24. The second-order valence-electron chi connectivity index (χ2n) is 7.61. The van der Waals surface area contributed by atoms with Crippen molar-refractivity contribution < 1.29 is 14.4 Å². The number of nitrogens with zero attached hydrogens (tertiary/aromatic N) is 3. The SMILES string of the molecule is O=C(NCCC(=O)N1CCN(CC(=O)N2CCCCC2)CC1)c1ccc(Cl)cc1. The molecular formula is C21H29ClN4O3. The van der Waals surface area contributed by atoms with E-state index in [-0.39, 0.29) is 24.1 Å². The molecule has 0 aromatic heterocycles. The molecule has 2 aliphatic rings. The minimum atomic E-state index is -0.212. The fourth-order valence-electron chi connectivity index (χ4n) is 3.73. The molecule has 158 valence electrons. The molecule has 1 aromatic rings. The molecule has 29 heavy (non-hydrogen) atoms. The number of hydrogen-bond acceptors (Lipinski definition) is 4. The van der Waals surface area contributed by atoms with E-state index in [0.29, 0.717) is 49.9 Å². The largest absolute Gasteiger partial charge is 0.352 e. The number of rotatable bonds is 6. The summed E-state index contributed by atoms with van der Waals surface area (Å²) in [5.74, 6) is 0.0216. The predicted molar refractivity (Wildman–Crippen MR) is 112 cm³/mol. The third-order valence-corrected chi connectivity index (χ3v) is 5.78. The molecule has 2 heterocycles. The molecule has 7 nitrogen and oxygen atoms in total. The van der Waals surface area contributed by atoms with Crippen molar-refractivity contribution in [2.24, 2.45) is 0 Å². The first kappa shape index (κ1) is 21.6. The highest BCUT2D eigenvalue weighted by atomic mass is 35.5. The van der Waals surface area contributed by atoms with Crippen molar-refractivity contribution in [1.29, 1.82) is 0 Å². The van der Waals surface area contributed by atoms with Crippen molar-refractivity contribution in [3.63, 3.8) is 0 Å². The van der Waals surface area contributed by atoms with Crippen LogP contribution in [0, 0.1) is 0 Å². The van der Waals surface area contributed by atoms with Gasteiger partial charge < -0.3 is 15.1 Å². The van der Waals surface area contributed by atoms with Crippen LogP contribution in [0.5, 0.6) is 0 Å². The van der Waals surface area contributed by atoms with Gasteiger partial charge in [-0.3, -0.25) is 19.3 Å². The Kier molecular flexibility index (Phi) is 7.89. The molecule has 1 aromatic carbocycles. The van der Waals surface area contributed by atoms with E-state index < -0.39 is 0 Å². The van der Waals surface area contributed by atoms with Crippen LogP contribution in [0.2, 0.25) is 5.02 Å². The van der Waals surface area contributed by atoms with Gasteiger partial charge in [0.25, 0.3) is 5.91 Å². The summed E-state index contributed by atoms with van der Waals surface area (Å²) >= 11 is 5.82. The maximum absolute atomic E-state index is 12.4. The van der Waals surface area contributed by atoms with Gasteiger partial charge in [0.2, 0.25) is 11.8 Å². The lowest BCUT2D eigenvalue weighted by molar-refractivity contribution is -0.135. The number of benzene rings is 1. The molecule has 0 aliphatic carbocycles. The summed E-state index contributed by atoms with van der Waals surface area (Å²) < 4.78 is 0. The van der Waals surface area contributed by atoms with Gasteiger partial charge in [-0.25, -0.2) is 0 Å². The van der Waals surface area contributed by atoms with Gasteiger partial charge in [0.05, 0.1) is 6.54 Å². The Morgan fingerprint density at radius 1 is 0.828 bits per heavy atom. The van der Waals surface area contributed by atoms with Crippen molar-refractivity contribution in [2.75, 3.05) is 52.4 Å². The zero-order valence-corrected chi connectivity index (χ0v) is 17.5. The summed E-state index contributed by atoms with van der Waals surface area (Å²) in [5.41, 5.74) is 0.522. The lowest BCUT2D eigenvalue weighted by Gasteiger charge is -2.36. The van der Waals surface area contributed by atoms with Crippen LogP contribution in [0.4, 0.5) is 0 Å². The summed E-state index contributed by atoms with van der Waals surface area (Å²) in [6.45, 7) is 5.16. The van der Waals surface area contributed by atoms with Gasteiger partial charge in [-0.05, 0) is 43.5 Å². The van der Waals surface area contributed by atoms with Crippen LogP contribution in [-0.4, -0.2) is 84.8 Å². The van der Waals surface area contributed by atoms with E-state index in [9.17, 15) is 14.4 Å². The van der Waals surface area contributed by atoms with E-state index in [1.165, 1.54) is 6.42 Å². The molecule has 2 saturated heterocycles. The maximum Gasteiger partial charge on any atom is 0.251 e. The van der Waals surface area contributed by atoms with Gasteiger partial charge in [-0.2, -0.15) is 0 Å². The standard InChI is InChI=1S/C21H29ClN4O3/c22-18-6-4-17(5-7-18)21(29)23-9-8-19(27)26-14-12-24(13-15-26)16-20(28)25-10-2-1-3-11-25/h4-7H,1-3,8-16H2,(H,23,29). The molecule has 2 fully saturated rings. The van der Waals surface area contributed by atoms with Crippen molar-refractivity contribution in [2.45, 2.75) is 25.7 Å². The molecular weight excluding hydrogens is 392 g/mol. The first-order chi connectivity index (χ1) is 14.0. The summed E-state index contributed by atoms with van der Waals surface area (Å²) in [6, 6.07) is 6.64. The van der Waals surface area contributed by atoms with Gasteiger partial charge in [0.15, 0.2) is 0 Å². The third kappa shape index (κ3) is 6.44. The number of halogens is 1. The number of hydrogen-bond donors (Lipinski definition) is 1.